The molecule has 0 aliphatic carbocycles. The molecule has 2 heterocycles. The summed E-state index contributed by atoms with van der Waals surface area (Å²) in [7, 11) is 0. The van der Waals surface area contributed by atoms with Crippen molar-refractivity contribution >= 4 is 5.78 Å². The normalized spacial score (nSPS) is 13.7. The fraction of sp³-hybridized carbons (Fsp3) is 0.267. The lowest BCUT2D eigenvalue weighted by Crippen LogP contribution is -2.03. The van der Waals surface area contributed by atoms with Crippen LogP contribution in [0, 0.1) is 6.92 Å². The van der Waals surface area contributed by atoms with Crippen LogP contribution in [0.1, 0.15) is 33.7 Å². The molecule has 17 heavy (non-hydrogen) atoms. The zero-order valence-corrected chi connectivity index (χ0v) is 9.94. The molecule has 86 valence electrons. The summed E-state index contributed by atoms with van der Waals surface area (Å²) in [5.74, 6) is 0.157. The number of benzene rings is 1. The minimum atomic E-state index is 0.157. The maximum atomic E-state index is 12.4. The van der Waals surface area contributed by atoms with Crippen molar-refractivity contribution in [2.24, 2.45) is 0 Å². The molecule has 2 aromatic rings. The van der Waals surface area contributed by atoms with Crippen LogP contribution in [0.5, 0.6) is 0 Å². The average Bonchev–Trinajstić information content (AvgIpc) is 2.94. The van der Waals surface area contributed by atoms with Crippen LogP contribution in [-0.4, -0.2) is 10.4 Å². The van der Waals surface area contributed by atoms with Crippen molar-refractivity contribution in [2.75, 3.05) is 0 Å². The third-order valence-corrected chi connectivity index (χ3v) is 3.49. The van der Waals surface area contributed by atoms with Crippen LogP contribution >= 0.6 is 0 Å². The monoisotopic (exact) mass is 225 g/mol. The first-order chi connectivity index (χ1) is 8.27. The Morgan fingerprint density at radius 2 is 2.00 bits per heavy atom. The fourth-order valence-corrected chi connectivity index (χ4v) is 2.66. The molecule has 1 aliphatic rings. The average molecular weight is 225 g/mol. The molecule has 3 rings (SSSR count). The van der Waals surface area contributed by atoms with Crippen LogP contribution in [0.4, 0.5) is 0 Å². The quantitative estimate of drug-likeness (QED) is 0.720. The third-order valence-electron chi connectivity index (χ3n) is 3.49. The summed E-state index contributed by atoms with van der Waals surface area (Å²) >= 11 is 0. The molecule has 1 aromatic heterocycles. The van der Waals surface area contributed by atoms with E-state index in [0.29, 0.717) is 0 Å². The van der Waals surface area contributed by atoms with E-state index in [1.54, 1.807) is 0 Å². The molecule has 2 nitrogen and oxygen atoms in total. The van der Waals surface area contributed by atoms with E-state index in [9.17, 15) is 4.79 Å². The van der Waals surface area contributed by atoms with Gasteiger partial charge in [-0.2, -0.15) is 0 Å². The Balaban J connectivity index is 2.06. The second-order valence-corrected chi connectivity index (χ2v) is 4.60. The van der Waals surface area contributed by atoms with E-state index in [4.69, 9.17) is 0 Å². The van der Waals surface area contributed by atoms with Gasteiger partial charge in [-0.25, -0.2) is 0 Å². The molecule has 0 saturated carbocycles. The van der Waals surface area contributed by atoms with Crippen molar-refractivity contribution in [2.45, 2.75) is 26.3 Å². The van der Waals surface area contributed by atoms with Crippen LogP contribution in [0.15, 0.2) is 36.4 Å². The number of fused-ring (bicyclic) bond motifs is 1. The maximum absolute atomic E-state index is 12.4. The van der Waals surface area contributed by atoms with Crippen molar-refractivity contribution in [1.82, 2.24) is 4.57 Å². The molecule has 1 aliphatic heterocycles. The van der Waals surface area contributed by atoms with Gasteiger partial charge < -0.3 is 4.57 Å². The smallest absolute Gasteiger partial charge is 0.194 e. The van der Waals surface area contributed by atoms with E-state index < -0.39 is 0 Å². The number of hydrogen-bond donors (Lipinski definition) is 0. The largest absolute Gasteiger partial charge is 0.348 e. The van der Waals surface area contributed by atoms with Gasteiger partial charge in [0.2, 0.25) is 0 Å². The third kappa shape index (κ3) is 1.60. The minimum Gasteiger partial charge on any atom is -0.348 e. The lowest BCUT2D eigenvalue weighted by Gasteiger charge is -2.01. The Bertz CT molecular complexity index is 566. The van der Waals surface area contributed by atoms with E-state index in [2.05, 4.69) is 11.5 Å². The molecule has 0 spiro atoms. The summed E-state index contributed by atoms with van der Waals surface area (Å²) in [5.41, 5.74) is 4.10. The summed E-state index contributed by atoms with van der Waals surface area (Å²) in [5, 5.41) is 0. The number of aryl methyl sites for hydroxylation is 1. The predicted molar refractivity (Wildman–Crippen MR) is 67.4 cm³/mol. The van der Waals surface area contributed by atoms with Crippen LogP contribution < -0.4 is 0 Å². The minimum absolute atomic E-state index is 0.157. The van der Waals surface area contributed by atoms with Crippen LogP contribution in [-0.2, 0) is 13.0 Å². The Kier molecular flexibility index (Phi) is 2.36. The van der Waals surface area contributed by atoms with E-state index >= 15 is 0 Å². The molecule has 0 unspecified atom stereocenters. The molecule has 0 bridgehead atoms. The number of aromatic nitrogens is 1. The van der Waals surface area contributed by atoms with Gasteiger partial charge in [-0.05, 0) is 25.8 Å². The van der Waals surface area contributed by atoms with Gasteiger partial charge in [-0.3, -0.25) is 4.79 Å². The molecule has 0 saturated heterocycles. The summed E-state index contributed by atoms with van der Waals surface area (Å²) in [4.78, 5) is 12.4. The van der Waals surface area contributed by atoms with E-state index in [1.165, 1.54) is 11.4 Å². The van der Waals surface area contributed by atoms with Gasteiger partial charge in [-0.1, -0.05) is 30.3 Å². The Hall–Kier alpha value is -1.83. The van der Waals surface area contributed by atoms with Crippen molar-refractivity contribution < 1.29 is 4.79 Å². The first kappa shape index (κ1) is 10.3. The first-order valence-corrected chi connectivity index (χ1v) is 6.06. The van der Waals surface area contributed by atoms with Crippen LogP contribution in [0.25, 0.3) is 0 Å². The summed E-state index contributed by atoms with van der Waals surface area (Å²) in [6.45, 7) is 3.14. The standard InChI is InChI=1S/C15H15NO/c1-11-10-13(14-8-5-9-16(11)14)15(17)12-6-3-2-4-7-12/h2-4,6-7,10H,5,8-9H2,1H3. The highest BCUT2D eigenvalue weighted by Crippen LogP contribution is 2.25. The molecular formula is C15H15NO. The number of carbonyl (C=O) groups is 1. The van der Waals surface area contributed by atoms with Crippen molar-refractivity contribution in [3.8, 4) is 0 Å². The van der Waals surface area contributed by atoms with Crippen LogP contribution in [0.2, 0.25) is 0 Å². The molecular weight excluding hydrogens is 210 g/mol. The highest BCUT2D eigenvalue weighted by atomic mass is 16.1. The lowest BCUT2D eigenvalue weighted by molar-refractivity contribution is 0.103. The zero-order valence-electron chi connectivity index (χ0n) is 9.94. The molecule has 1 aromatic carbocycles. The molecule has 0 radical (unpaired) electrons. The van der Waals surface area contributed by atoms with E-state index in [1.807, 2.05) is 36.4 Å². The maximum Gasteiger partial charge on any atom is 0.194 e. The van der Waals surface area contributed by atoms with Crippen molar-refractivity contribution in [1.29, 1.82) is 0 Å². The first-order valence-electron chi connectivity index (χ1n) is 6.06. The summed E-state index contributed by atoms with van der Waals surface area (Å²) in [6.07, 6.45) is 2.19. The number of carbonyl (C=O) groups excluding carboxylic acids is 1. The highest BCUT2D eigenvalue weighted by Gasteiger charge is 2.22. The summed E-state index contributed by atoms with van der Waals surface area (Å²) in [6, 6.07) is 11.6. The number of hydrogen-bond acceptors (Lipinski definition) is 1. The molecule has 0 atom stereocenters. The van der Waals surface area contributed by atoms with Gasteiger partial charge in [0, 0.05) is 29.1 Å². The SMILES string of the molecule is Cc1cc(C(=O)c2ccccc2)c2n1CCC2. The zero-order chi connectivity index (χ0) is 11.8. The Morgan fingerprint density at radius 1 is 1.24 bits per heavy atom. The van der Waals surface area contributed by atoms with E-state index in [0.717, 1.165) is 30.5 Å². The van der Waals surface area contributed by atoms with Gasteiger partial charge in [0.25, 0.3) is 0 Å². The lowest BCUT2D eigenvalue weighted by atomic mass is 10.0. The molecule has 0 fully saturated rings. The van der Waals surface area contributed by atoms with Gasteiger partial charge in [0.1, 0.15) is 0 Å². The topological polar surface area (TPSA) is 22.0 Å². The fourth-order valence-electron chi connectivity index (χ4n) is 2.66. The molecule has 0 amide bonds. The Labute approximate surface area is 101 Å². The second-order valence-electron chi connectivity index (χ2n) is 4.60. The number of nitrogens with zero attached hydrogens (tertiary/aromatic N) is 1. The molecule has 0 N–H and O–H groups in total. The van der Waals surface area contributed by atoms with E-state index in [-0.39, 0.29) is 5.78 Å². The van der Waals surface area contributed by atoms with Gasteiger partial charge >= 0.3 is 0 Å². The van der Waals surface area contributed by atoms with Crippen LogP contribution in [0.3, 0.4) is 0 Å². The van der Waals surface area contributed by atoms with Gasteiger partial charge in [0.05, 0.1) is 0 Å². The predicted octanol–water partition coefficient (Wildman–Crippen LogP) is 2.97. The number of ketones is 1. The number of rotatable bonds is 2. The highest BCUT2D eigenvalue weighted by molar-refractivity contribution is 6.10. The van der Waals surface area contributed by atoms with Crippen molar-refractivity contribution in [3.05, 3.63) is 58.9 Å². The molecule has 2 heteroatoms. The van der Waals surface area contributed by atoms with Gasteiger partial charge in [0.15, 0.2) is 5.78 Å². The second kappa shape index (κ2) is 3.88. The Morgan fingerprint density at radius 3 is 2.76 bits per heavy atom. The van der Waals surface area contributed by atoms with Gasteiger partial charge in [-0.15, -0.1) is 0 Å². The summed E-state index contributed by atoms with van der Waals surface area (Å²) < 4.78 is 2.27. The van der Waals surface area contributed by atoms with Crippen molar-refractivity contribution in [3.63, 3.8) is 0 Å².